The van der Waals surface area contributed by atoms with Crippen molar-refractivity contribution >= 4 is 26.7 Å². The summed E-state index contributed by atoms with van der Waals surface area (Å²) in [4.78, 5) is 8.57. The molecule has 5 heteroatoms. The fraction of sp³-hybridized carbons (Fsp3) is 0.200. The first-order chi connectivity index (χ1) is 9.85. The van der Waals surface area contributed by atoms with E-state index in [0.717, 1.165) is 34.1 Å². The normalized spacial score (nSPS) is 10.7. The first-order valence-electron chi connectivity index (χ1n) is 6.42. The number of fused-ring (bicyclic) bond motifs is 1. The summed E-state index contributed by atoms with van der Waals surface area (Å²) in [7, 11) is 1.68. The number of nitrogens with zero attached hydrogens (tertiary/aromatic N) is 2. The summed E-state index contributed by atoms with van der Waals surface area (Å²) in [5.74, 6) is 0.889. The molecule has 0 aliphatic carbocycles. The van der Waals surface area contributed by atoms with Crippen LogP contribution in [0.3, 0.4) is 0 Å². The molecule has 0 saturated heterocycles. The zero-order valence-electron chi connectivity index (χ0n) is 11.2. The molecule has 1 aromatic carbocycles. The summed E-state index contributed by atoms with van der Waals surface area (Å²) in [5, 5.41) is 4.31. The summed E-state index contributed by atoms with van der Waals surface area (Å²) in [6.07, 6.45) is 4.54. The Morgan fingerprint density at radius 1 is 1.20 bits per heavy atom. The van der Waals surface area contributed by atoms with E-state index in [1.807, 2.05) is 18.2 Å². The Balaban J connectivity index is 1.58. The molecule has 2 heterocycles. The van der Waals surface area contributed by atoms with E-state index in [0.29, 0.717) is 0 Å². The Labute approximate surface area is 121 Å². The zero-order valence-corrected chi connectivity index (χ0v) is 12.0. The molecule has 0 amide bonds. The van der Waals surface area contributed by atoms with Gasteiger partial charge < -0.3 is 10.1 Å². The molecule has 0 aliphatic heterocycles. The number of nitrogens with one attached hydrogen (secondary N) is 1. The van der Waals surface area contributed by atoms with Gasteiger partial charge in [0, 0.05) is 12.7 Å². The van der Waals surface area contributed by atoms with Crippen LogP contribution in [0.25, 0.3) is 10.2 Å². The average molecular weight is 285 g/mol. The highest BCUT2D eigenvalue weighted by Gasteiger charge is 2.02. The van der Waals surface area contributed by atoms with Crippen LogP contribution in [-0.2, 0) is 6.42 Å². The van der Waals surface area contributed by atoms with E-state index in [4.69, 9.17) is 4.74 Å². The smallest absolute Gasteiger partial charge is 0.183 e. The fourth-order valence-corrected chi connectivity index (χ4v) is 2.82. The van der Waals surface area contributed by atoms with Gasteiger partial charge in [-0.3, -0.25) is 4.98 Å². The van der Waals surface area contributed by atoms with Crippen LogP contribution in [0.4, 0.5) is 5.13 Å². The van der Waals surface area contributed by atoms with Crippen LogP contribution in [0.2, 0.25) is 0 Å². The van der Waals surface area contributed by atoms with E-state index in [-0.39, 0.29) is 0 Å². The van der Waals surface area contributed by atoms with Crippen molar-refractivity contribution in [1.29, 1.82) is 0 Å². The minimum Gasteiger partial charge on any atom is -0.497 e. The van der Waals surface area contributed by atoms with Gasteiger partial charge in [-0.05, 0) is 30.2 Å². The quantitative estimate of drug-likeness (QED) is 0.781. The third kappa shape index (κ3) is 2.88. The number of rotatable bonds is 5. The van der Waals surface area contributed by atoms with E-state index in [1.54, 1.807) is 30.8 Å². The SMILES string of the molecule is COc1ccc(CCNc2nc3cnccc3s2)cc1. The Bertz CT molecular complexity index is 661. The van der Waals surface area contributed by atoms with Crippen molar-refractivity contribution in [2.75, 3.05) is 19.0 Å². The van der Waals surface area contributed by atoms with Gasteiger partial charge in [-0.2, -0.15) is 0 Å². The number of ether oxygens (including phenoxy) is 1. The molecular weight excluding hydrogens is 270 g/mol. The highest BCUT2D eigenvalue weighted by molar-refractivity contribution is 7.22. The lowest BCUT2D eigenvalue weighted by Gasteiger charge is -2.04. The van der Waals surface area contributed by atoms with E-state index >= 15 is 0 Å². The molecule has 0 radical (unpaired) electrons. The summed E-state index contributed by atoms with van der Waals surface area (Å²) in [6.45, 7) is 0.861. The number of hydrogen-bond donors (Lipinski definition) is 1. The Morgan fingerprint density at radius 2 is 2.05 bits per heavy atom. The Hall–Kier alpha value is -2.14. The number of methoxy groups -OCH3 is 1. The Morgan fingerprint density at radius 3 is 2.80 bits per heavy atom. The van der Waals surface area contributed by atoms with Crippen LogP contribution in [-0.4, -0.2) is 23.6 Å². The van der Waals surface area contributed by atoms with Gasteiger partial charge in [0.05, 0.1) is 18.0 Å². The summed E-state index contributed by atoms with van der Waals surface area (Å²) < 4.78 is 6.31. The average Bonchev–Trinajstić information content (AvgIpc) is 2.90. The van der Waals surface area contributed by atoms with Gasteiger partial charge in [0.25, 0.3) is 0 Å². The number of pyridine rings is 1. The second-order valence-electron chi connectivity index (χ2n) is 4.39. The first kappa shape index (κ1) is 12.9. The maximum Gasteiger partial charge on any atom is 0.183 e. The van der Waals surface area contributed by atoms with Crippen molar-refractivity contribution in [3.8, 4) is 5.75 Å². The van der Waals surface area contributed by atoms with Crippen LogP contribution >= 0.6 is 11.3 Å². The number of thiazole rings is 1. The monoisotopic (exact) mass is 285 g/mol. The number of hydrogen-bond acceptors (Lipinski definition) is 5. The molecule has 0 atom stereocenters. The molecule has 0 bridgehead atoms. The van der Waals surface area contributed by atoms with Crippen LogP contribution in [0.1, 0.15) is 5.56 Å². The molecular formula is C15H15N3OS. The summed E-state index contributed by atoms with van der Waals surface area (Å²) >= 11 is 1.66. The predicted octanol–water partition coefficient (Wildman–Crippen LogP) is 3.35. The van der Waals surface area contributed by atoms with Crippen molar-refractivity contribution in [2.45, 2.75) is 6.42 Å². The van der Waals surface area contributed by atoms with Crippen LogP contribution in [0.15, 0.2) is 42.7 Å². The molecule has 2 aromatic heterocycles. The highest BCUT2D eigenvalue weighted by atomic mass is 32.1. The Kier molecular flexibility index (Phi) is 3.78. The van der Waals surface area contributed by atoms with Crippen LogP contribution in [0, 0.1) is 0 Å². The maximum atomic E-state index is 5.15. The number of benzene rings is 1. The maximum absolute atomic E-state index is 5.15. The zero-order chi connectivity index (χ0) is 13.8. The molecule has 0 fully saturated rings. The lowest BCUT2D eigenvalue weighted by atomic mass is 10.1. The minimum absolute atomic E-state index is 0.861. The van der Waals surface area contributed by atoms with Gasteiger partial charge in [0.15, 0.2) is 5.13 Å². The molecule has 3 aromatic rings. The van der Waals surface area contributed by atoms with Crippen molar-refractivity contribution in [3.63, 3.8) is 0 Å². The largest absolute Gasteiger partial charge is 0.497 e. The number of aromatic nitrogens is 2. The van der Waals surface area contributed by atoms with Crippen molar-refractivity contribution in [1.82, 2.24) is 9.97 Å². The van der Waals surface area contributed by atoms with E-state index in [1.165, 1.54) is 5.56 Å². The van der Waals surface area contributed by atoms with Crippen LogP contribution < -0.4 is 10.1 Å². The summed E-state index contributed by atoms with van der Waals surface area (Å²) in [6, 6.07) is 10.1. The number of anilines is 1. The van der Waals surface area contributed by atoms with Crippen LogP contribution in [0.5, 0.6) is 5.75 Å². The van der Waals surface area contributed by atoms with Gasteiger partial charge >= 0.3 is 0 Å². The van der Waals surface area contributed by atoms with E-state index in [2.05, 4.69) is 27.4 Å². The van der Waals surface area contributed by atoms with Gasteiger partial charge in [0.2, 0.25) is 0 Å². The lowest BCUT2D eigenvalue weighted by Crippen LogP contribution is -2.04. The predicted molar refractivity (Wildman–Crippen MR) is 82.6 cm³/mol. The van der Waals surface area contributed by atoms with Crippen molar-refractivity contribution in [3.05, 3.63) is 48.3 Å². The van der Waals surface area contributed by atoms with Crippen molar-refractivity contribution in [2.24, 2.45) is 0 Å². The first-order valence-corrected chi connectivity index (χ1v) is 7.24. The molecule has 0 unspecified atom stereocenters. The van der Waals surface area contributed by atoms with E-state index < -0.39 is 0 Å². The lowest BCUT2D eigenvalue weighted by molar-refractivity contribution is 0.414. The molecule has 0 saturated carbocycles. The molecule has 102 valence electrons. The van der Waals surface area contributed by atoms with Gasteiger partial charge in [0.1, 0.15) is 11.3 Å². The molecule has 4 nitrogen and oxygen atoms in total. The van der Waals surface area contributed by atoms with Gasteiger partial charge in [-0.1, -0.05) is 23.5 Å². The topological polar surface area (TPSA) is 47.0 Å². The minimum atomic E-state index is 0.861. The second kappa shape index (κ2) is 5.88. The van der Waals surface area contributed by atoms with Gasteiger partial charge in [-0.15, -0.1) is 0 Å². The summed E-state index contributed by atoms with van der Waals surface area (Å²) in [5.41, 5.74) is 2.23. The second-order valence-corrected chi connectivity index (χ2v) is 5.42. The highest BCUT2D eigenvalue weighted by Crippen LogP contribution is 2.24. The molecule has 0 aliphatic rings. The molecule has 0 spiro atoms. The van der Waals surface area contributed by atoms with E-state index in [9.17, 15) is 0 Å². The molecule has 1 N–H and O–H groups in total. The molecule has 20 heavy (non-hydrogen) atoms. The van der Waals surface area contributed by atoms with Crippen molar-refractivity contribution < 1.29 is 4.74 Å². The van der Waals surface area contributed by atoms with Gasteiger partial charge in [-0.25, -0.2) is 4.98 Å². The third-order valence-electron chi connectivity index (χ3n) is 3.04. The fourth-order valence-electron chi connectivity index (χ4n) is 1.96. The standard InChI is InChI=1S/C15H15N3OS/c1-19-12-4-2-11(3-5-12)6-9-17-15-18-13-10-16-8-7-14(13)20-15/h2-5,7-8,10H,6,9H2,1H3,(H,17,18). The molecule has 3 rings (SSSR count). The third-order valence-corrected chi connectivity index (χ3v) is 4.03.